The molecule has 128 valence electrons. The first-order valence-electron chi connectivity index (χ1n) is 7.89. The van der Waals surface area contributed by atoms with Gasteiger partial charge in [-0.1, -0.05) is 30.3 Å². The van der Waals surface area contributed by atoms with Gasteiger partial charge in [0, 0.05) is 18.3 Å². The molecule has 0 saturated heterocycles. The monoisotopic (exact) mass is 338 g/mol. The highest BCUT2D eigenvalue weighted by Crippen LogP contribution is 2.17. The van der Waals surface area contributed by atoms with E-state index in [9.17, 15) is 4.39 Å². The van der Waals surface area contributed by atoms with Gasteiger partial charge in [-0.2, -0.15) is 9.97 Å². The van der Waals surface area contributed by atoms with Crippen molar-refractivity contribution in [2.75, 3.05) is 22.6 Å². The van der Waals surface area contributed by atoms with Crippen LogP contribution in [0.25, 0.3) is 0 Å². The summed E-state index contributed by atoms with van der Waals surface area (Å²) < 4.78 is 12.9. The number of nitrogens with zero attached hydrogens (tertiary/aromatic N) is 2. The Morgan fingerprint density at radius 1 is 0.920 bits per heavy atom. The third-order valence-electron chi connectivity index (χ3n) is 3.54. The van der Waals surface area contributed by atoms with Gasteiger partial charge < -0.3 is 16.1 Å². The standard InChI is InChI=1S/C18H19FN6/c19-14-8-6-13(7-9-14)10-11-21-16-12-17(25-20)24-18(23-16)22-15-4-2-1-3-5-15/h1-9,12H,10-11,20H2,(H3,21,22,23,24,25). The van der Waals surface area contributed by atoms with E-state index in [1.165, 1.54) is 12.1 Å². The fourth-order valence-electron chi connectivity index (χ4n) is 2.30. The molecule has 7 heteroatoms. The summed E-state index contributed by atoms with van der Waals surface area (Å²) in [4.78, 5) is 8.72. The highest BCUT2D eigenvalue weighted by atomic mass is 19.1. The van der Waals surface area contributed by atoms with Gasteiger partial charge in [-0.25, -0.2) is 10.2 Å². The topological polar surface area (TPSA) is 87.9 Å². The molecule has 0 aliphatic heterocycles. The van der Waals surface area contributed by atoms with Gasteiger partial charge in [0.25, 0.3) is 0 Å². The number of hydrogen-bond donors (Lipinski definition) is 4. The quantitative estimate of drug-likeness (QED) is 0.390. The van der Waals surface area contributed by atoms with Gasteiger partial charge in [0.1, 0.15) is 17.5 Å². The van der Waals surface area contributed by atoms with Gasteiger partial charge in [0.05, 0.1) is 0 Å². The number of benzene rings is 2. The van der Waals surface area contributed by atoms with Crippen molar-refractivity contribution < 1.29 is 4.39 Å². The Hall–Kier alpha value is -3.19. The van der Waals surface area contributed by atoms with Crippen molar-refractivity contribution >= 4 is 23.3 Å². The molecule has 3 aromatic rings. The molecule has 0 radical (unpaired) electrons. The molecule has 0 bridgehead atoms. The average Bonchev–Trinajstić information content (AvgIpc) is 2.64. The number of para-hydroxylation sites is 1. The van der Waals surface area contributed by atoms with Crippen LogP contribution in [0.3, 0.4) is 0 Å². The number of nitrogen functional groups attached to an aromatic ring is 1. The maximum atomic E-state index is 12.9. The van der Waals surface area contributed by atoms with E-state index >= 15 is 0 Å². The summed E-state index contributed by atoms with van der Waals surface area (Å²) in [5, 5.41) is 6.36. The van der Waals surface area contributed by atoms with E-state index in [-0.39, 0.29) is 5.82 Å². The van der Waals surface area contributed by atoms with Crippen molar-refractivity contribution in [3.63, 3.8) is 0 Å². The Balaban J connectivity index is 1.65. The molecule has 0 aliphatic carbocycles. The van der Waals surface area contributed by atoms with Crippen LogP contribution >= 0.6 is 0 Å². The maximum Gasteiger partial charge on any atom is 0.231 e. The molecule has 1 aromatic heterocycles. The fraction of sp³-hybridized carbons (Fsp3) is 0.111. The lowest BCUT2D eigenvalue weighted by molar-refractivity contribution is 0.627. The summed E-state index contributed by atoms with van der Waals surface area (Å²) in [6.45, 7) is 0.650. The summed E-state index contributed by atoms with van der Waals surface area (Å²) >= 11 is 0. The Labute approximate surface area is 145 Å². The molecule has 3 rings (SSSR count). The predicted octanol–water partition coefficient (Wildman–Crippen LogP) is 3.30. The molecule has 0 fully saturated rings. The van der Waals surface area contributed by atoms with Crippen LogP contribution in [-0.2, 0) is 6.42 Å². The molecule has 0 amide bonds. The molecule has 2 aromatic carbocycles. The first kappa shape index (κ1) is 16.7. The molecule has 0 atom stereocenters. The number of nitrogens with two attached hydrogens (primary N) is 1. The number of aromatic nitrogens is 2. The van der Waals surface area contributed by atoms with Gasteiger partial charge in [0.15, 0.2) is 0 Å². The van der Waals surface area contributed by atoms with Crippen LogP contribution in [0.2, 0.25) is 0 Å². The van der Waals surface area contributed by atoms with E-state index in [2.05, 4.69) is 26.0 Å². The highest BCUT2D eigenvalue weighted by molar-refractivity contribution is 5.58. The van der Waals surface area contributed by atoms with E-state index in [0.29, 0.717) is 24.1 Å². The van der Waals surface area contributed by atoms with Crippen LogP contribution in [-0.4, -0.2) is 16.5 Å². The normalized spacial score (nSPS) is 10.3. The molecule has 1 heterocycles. The van der Waals surface area contributed by atoms with Gasteiger partial charge in [-0.05, 0) is 36.2 Å². The van der Waals surface area contributed by atoms with Crippen molar-refractivity contribution in [3.8, 4) is 0 Å². The number of hydrogen-bond acceptors (Lipinski definition) is 6. The molecule has 0 unspecified atom stereocenters. The molecule has 0 aliphatic rings. The summed E-state index contributed by atoms with van der Waals surface area (Å²) in [7, 11) is 0. The van der Waals surface area contributed by atoms with E-state index in [4.69, 9.17) is 5.84 Å². The zero-order valence-electron chi connectivity index (χ0n) is 13.5. The lowest BCUT2D eigenvalue weighted by Crippen LogP contribution is -2.13. The van der Waals surface area contributed by atoms with Crippen molar-refractivity contribution in [3.05, 3.63) is 72.0 Å². The van der Waals surface area contributed by atoms with E-state index < -0.39 is 0 Å². The number of halogens is 1. The van der Waals surface area contributed by atoms with Crippen LogP contribution in [0.4, 0.5) is 27.7 Å². The molecule has 6 nitrogen and oxygen atoms in total. The molecule has 5 N–H and O–H groups in total. The molecular weight excluding hydrogens is 319 g/mol. The van der Waals surface area contributed by atoms with Gasteiger partial charge >= 0.3 is 0 Å². The predicted molar refractivity (Wildman–Crippen MR) is 98.2 cm³/mol. The summed E-state index contributed by atoms with van der Waals surface area (Å²) in [5.74, 6) is 6.83. The third kappa shape index (κ3) is 4.89. The van der Waals surface area contributed by atoms with Crippen LogP contribution in [0.15, 0.2) is 60.7 Å². The smallest absolute Gasteiger partial charge is 0.231 e. The minimum absolute atomic E-state index is 0.234. The lowest BCUT2D eigenvalue weighted by atomic mass is 10.1. The second kappa shape index (κ2) is 8.07. The Bertz CT molecular complexity index is 808. The lowest BCUT2D eigenvalue weighted by Gasteiger charge is -2.11. The van der Waals surface area contributed by atoms with E-state index in [0.717, 1.165) is 17.7 Å². The SMILES string of the molecule is NNc1cc(NCCc2ccc(F)cc2)nc(Nc2ccccc2)n1. The average molecular weight is 338 g/mol. The number of nitrogens with one attached hydrogen (secondary N) is 3. The second-order valence-corrected chi connectivity index (χ2v) is 5.40. The van der Waals surface area contributed by atoms with Crippen LogP contribution in [0.1, 0.15) is 5.56 Å². The second-order valence-electron chi connectivity index (χ2n) is 5.40. The van der Waals surface area contributed by atoms with Crippen molar-refractivity contribution in [2.24, 2.45) is 5.84 Å². The third-order valence-corrected chi connectivity index (χ3v) is 3.54. The molecule has 0 spiro atoms. The van der Waals surface area contributed by atoms with Gasteiger partial charge in [-0.15, -0.1) is 0 Å². The van der Waals surface area contributed by atoms with Crippen LogP contribution < -0.4 is 21.9 Å². The van der Waals surface area contributed by atoms with Crippen molar-refractivity contribution in [2.45, 2.75) is 6.42 Å². The van der Waals surface area contributed by atoms with E-state index in [1.54, 1.807) is 18.2 Å². The zero-order chi connectivity index (χ0) is 17.5. The van der Waals surface area contributed by atoms with Crippen LogP contribution in [0, 0.1) is 5.82 Å². The van der Waals surface area contributed by atoms with Gasteiger partial charge in [-0.3, -0.25) is 0 Å². The molecular formula is C18H19FN6. The largest absolute Gasteiger partial charge is 0.370 e. The van der Waals surface area contributed by atoms with E-state index in [1.807, 2.05) is 30.3 Å². The molecule has 25 heavy (non-hydrogen) atoms. The minimum atomic E-state index is -0.234. The first-order valence-corrected chi connectivity index (χ1v) is 7.89. The summed E-state index contributed by atoms with van der Waals surface area (Å²) in [5.41, 5.74) is 4.46. The minimum Gasteiger partial charge on any atom is -0.370 e. The first-order chi connectivity index (χ1) is 12.2. The highest BCUT2D eigenvalue weighted by Gasteiger charge is 2.05. The zero-order valence-corrected chi connectivity index (χ0v) is 13.5. The van der Waals surface area contributed by atoms with Crippen molar-refractivity contribution in [1.29, 1.82) is 0 Å². The Kier molecular flexibility index (Phi) is 5.38. The molecule has 0 saturated carbocycles. The Morgan fingerprint density at radius 2 is 1.64 bits per heavy atom. The number of hydrazine groups is 1. The van der Waals surface area contributed by atoms with Gasteiger partial charge in [0.2, 0.25) is 5.95 Å². The number of anilines is 4. The fourth-order valence-corrected chi connectivity index (χ4v) is 2.30. The number of rotatable bonds is 7. The van der Waals surface area contributed by atoms with Crippen molar-refractivity contribution in [1.82, 2.24) is 9.97 Å². The summed E-state index contributed by atoms with van der Waals surface area (Å²) in [6.07, 6.45) is 0.747. The Morgan fingerprint density at radius 3 is 2.36 bits per heavy atom. The maximum absolute atomic E-state index is 12.9. The summed E-state index contributed by atoms with van der Waals surface area (Å²) in [6, 6.07) is 17.8. The van der Waals surface area contributed by atoms with Crippen LogP contribution in [0.5, 0.6) is 0 Å².